The summed E-state index contributed by atoms with van der Waals surface area (Å²) < 4.78 is 0. The molecule has 27 heavy (non-hydrogen) atoms. The Kier molecular flexibility index (Phi) is 4.79. The lowest BCUT2D eigenvalue weighted by Crippen LogP contribution is -2.09. The third-order valence-electron chi connectivity index (χ3n) is 4.41. The Labute approximate surface area is 166 Å². The summed E-state index contributed by atoms with van der Waals surface area (Å²) in [6.07, 6.45) is 0. The summed E-state index contributed by atoms with van der Waals surface area (Å²) in [4.78, 5) is 2.22. The van der Waals surface area contributed by atoms with Gasteiger partial charge in [-0.2, -0.15) is 0 Å². The van der Waals surface area contributed by atoms with Gasteiger partial charge in [-0.3, -0.25) is 5.41 Å². The third-order valence-corrected chi connectivity index (χ3v) is 6.31. The highest BCUT2D eigenvalue weighted by molar-refractivity contribution is 7.16. The molecule has 0 bridgehead atoms. The molecule has 3 nitrogen and oxygen atoms in total. The number of anilines is 1. The van der Waals surface area contributed by atoms with Crippen molar-refractivity contribution < 1.29 is 0 Å². The van der Waals surface area contributed by atoms with Gasteiger partial charge in [0.25, 0.3) is 0 Å². The number of nitrogens with one attached hydrogen (secondary N) is 2. The lowest BCUT2D eigenvalue weighted by atomic mass is 10.0. The van der Waals surface area contributed by atoms with Crippen molar-refractivity contribution in [2.45, 2.75) is 6.54 Å². The number of thiophene rings is 2. The fourth-order valence-electron chi connectivity index (χ4n) is 2.97. The van der Waals surface area contributed by atoms with E-state index in [2.05, 4.69) is 30.1 Å². The van der Waals surface area contributed by atoms with E-state index >= 15 is 0 Å². The van der Waals surface area contributed by atoms with Gasteiger partial charge >= 0.3 is 0 Å². The first-order valence-corrected chi connectivity index (χ1v) is 10.2. The van der Waals surface area contributed by atoms with Gasteiger partial charge in [0.1, 0.15) is 0 Å². The Morgan fingerprint density at radius 1 is 1.04 bits per heavy atom. The summed E-state index contributed by atoms with van der Waals surface area (Å²) in [5.41, 5.74) is 9.25. The minimum atomic E-state index is 0.456. The van der Waals surface area contributed by atoms with E-state index in [1.54, 1.807) is 11.3 Å². The zero-order valence-electron chi connectivity index (χ0n) is 14.7. The molecule has 2 aromatic carbocycles. The van der Waals surface area contributed by atoms with Crippen molar-refractivity contribution in [1.29, 1.82) is 5.41 Å². The smallest absolute Gasteiger partial charge is 0.0955 e. The maximum Gasteiger partial charge on any atom is 0.0955 e. The molecule has 0 saturated carbocycles. The molecule has 5 heteroatoms. The van der Waals surface area contributed by atoms with Crippen LogP contribution in [-0.2, 0) is 6.54 Å². The Bertz CT molecular complexity index is 1120. The van der Waals surface area contributed by atoms with Gasteiger partial charge in [-0.1, -0.05) is 49.0 Å². The molecule has 2 aromatic heterocycles. The van der Waals surface area contributed by atoms with Crippen molar-refractivity contribution in [3.05, 3.63) is 93.5 Å². The van der Waals surface area contributed by atoms with E-state index in [-0.39, 0.29) is 0 Å². The highest BCUT2D eigenvalue weighted by Gasteiger charge is 2.13. The van der Waals surface area contributed by atoms with Gasteiger partial charge in [-0.05, 0) is 34.4 Å². The Morgan fingerprint density at radius 2 is 1.85 bits per heavy atom. The molecule has 4 rings (SSSR count). The average Bonchev–Trinajstić information content (AvgIpc) is 3.35. The minimum absolute atomic E-state index is 0.456. The van der Waals surface area contributed by atoms with Gasteiger partial charge in [-0.25, -0.2) is 0 Å². The van der Waals surface area contributed by atoms with Crippen LogP contribution in [0.25, 0.3) is 16.5 Å². The largest absolute Gasteiger partial charge is 0.390 e. The molecule has 0 aliphatic heterocycles. The molecule has 4 N–H and O–H groups in total. The maximum atomic E-state index is 8.62. The molecule has 0 amide bonds. The first-order chi connectivity index (χ1) is 13.1. The second-order valence-electron chi connectivity index (χ2n) is 6.24. The zero-order chi connectivity index (χ0) is 18.8. The SMILES string of the molecule is C=C(NCc1cc(C(=N)c2ccc3ccccc3c2)c(N)s1)c1cccs1. The lowest BCUT2D eigenvalue weighted by Gasteiger charge is -2.06. The molecular weight excluding hydrogens is 370 g/mol. The molecule has 0 saturated heterocycles. The van der Waals surface area contributed by atoms with Crippen molar-refractivity contribution in [2.75, 3.05) is 5.73 Å². The zero-order valence-corrected chi connectivity index (χ0v) is 16.3. The summed E-state index contributed by atoms with van der Waals surface area (Å²) in [5.74, 6) is 0. The monoisotopic (exact) mass is 389 g/mol. The predicted octanol–water partition coefficient (Wildman–Crippen LogP) is 5.72. The van der Waals surface area contributed by atoms with Crippen LogP contribution >= 0.6 is 22.7 Å². The van der Waals surface area contributed by atoms with E-state index in [0.29, 0.717) is 17.3 Å². The predicted molar refractivity (Wildman–Crippen MR) is 119 cm³/mol. The van der Waals surface area contributed by atoms with Gasteiger partial charge in [0.15, 0.2) is 0 Å². The average molecular weight is 390 g/mol. The standard InChI is InChI=1S/C22H19N3S2/c1-14(20-7-4-10-26-20)25-13-18-12-19(22(24)27-18)21(23)17-9-8-15-5-2-3-6-16(15)11-17/h2-12,23,25H,1,13,24H2. The molecule has 0 aliphatic rings. The van der Waals surface area contributed by atoms with Crippen LogP contribution in [0.5, 0.6) is 0 Å². The molecule has 134 valence electrons. The number of hydrogen-bond acceptors (Lipinski definition) is 5. The van der Waals surface area contributed by atoms with E-state index < -0.39 is 0 Å². The van der Waals surface area contributed by atoms with Crippen LogP contribution in [0, 0.1) is 5.41 Å². The number of rotatable bonds is 6. The van der Waals surface area contributed by atoms with Crippen LogP contribution in [0.15, 0.2) is 72.6 Å². The van der Waals surface area contributed by atoms with Crippen LogP contribution in [0.2, 0.25) is 0 Å². The number of nitrogen functional groups attached to an aromatic ring is 1. The maximum absolute atomic E-state index is 8.62. The fraction of sp³-hybridized carbons (Fsp3) is 0.0455. The molecule has 0 aliphatic carbocycles. The number of fused-ring (bicyclic) bond motifs is 1. The molecule has 0 unspecified atom stereocenters. The Balaban J connectivity index is 1.53. The van der Waals surface area contributed by atoms with E-state index in [1.165, 1.54) is 16.7 Å². The molecule has 0 fully saturated rings. The summed E-state index contributed by atoms with van der Waals surface area (Å²) in [6, 6.07) is 20.3. The number of benzene rings is 2. The Hall–Kier alpha value is -2.89. The van der Waals surface area contributed by atoms with Crippen LogP contribution < -0.4 is 11.1 Å². The minimum Gasteiger partial charge on any atom is -0.390 e. The molecule has 4 aromatic rings. The van der Waals surface area contributed by atoms with Crippen LogP contribution in [-0.4, -0.2) is 5.71 Å². The van der Waals surface area contributed by atoms with Crippen LogP contribution in [0.3, 0.4) is 0 Å². The van der Waals surface area contributed by atoms with Crippen molar-refractivity contribution in [3.8, 4) is 0 Å². The van der Waals surface area contributed by atoms with Crippen LogP contribution in [0.1, 0.15) is 20.9 Å². The van der Waals surface area contributed by atoms with Gasteiger partial charge < -0.3 is 11.1 Å². The first kappa shape index (κ1) is 17.5. The highest BCUT2D eigenvalue weighted by atomic mass is 32.1. The van der Waals surface area contributed by atoms with Crippen molar-refractivity contribution in [3.63, 3.8) is 0 Å². The van der Waals surface area contributed by atoms with Crippen molar-refractivity contribution in [2.24, 2.45) is 0 Å². The van der Waals surface area contributed by atoms with Crippen LogP contribution in [0.4, 0.5) is 5.00 Å². The van der Waals surface area contributed by atoms with Crippen molar-refractivity contribution in [1.82, 2.24) is 5.32 Å². The van der Waals surface area contributed by atoms with E-state index in [0.717, 1.165) is 32.0 Å². The summed E-state index contributed by atoms with van der Waals surface area (Å²) in [5, 5.41) is 17.0. The van der Waals surface area contributed by atoms with Gasteiger partial charge in [0, 0.05) is 33.1 Å². The summed E-state index contributed by atoms with van der Waals surface area (Å²) in [7, 11) is 0. The second-order valence-corrected chi connectivity index (χ2v) is 8.35. The second kappa shape index (κ2) is 7.39. The number of hydrogen-bond donors (Lipinski definition) is 3. The quantitative estimate of drug-likeness (QED) is 0.369. The molecule has 0 spiro atoms. The summed E-state index contributed by atoms with van der Waals surface area (Å²) >= 11 is 3.18. The normalized spacial score (nSPS) is 10.8. The third kappa shape index (κ3) is 3.65. The molecule has 0 atom stereocenters. The summed E-state index contributed by atoms with van der Waals surface area (Å²) in [6.45, 7) is 4.73. The first-order valence-electron chi connectivity index (χ1n) is 8.55. The van der Waals surface area contributed by atoms with E-state index in [1.807, 2.05) is 47.8 Å². The number of nitrogens with two attached hydrogens (primary N) is 1. The van der Waals surface area contributed by atoms with E-state index in [4.69, 9.17) is 11.1 Å². The van der Waals surface area contributed by atoms with Gasteiger partial charge in [0.05, 0.1) is 10.7 Å². The lowest BCUT2D eigenvalue weighted by molar-refractivity contribution is 0.912. The molecule has 2 heterocycles. The molecular formula is C22H19N3S2. The van der Waals surface area contributed by atoms with Crippen molar-refractivity contribution >= 4 is 49.9 Å². The van der Waals surface area contributed by atoms with Gasteiger partial charge in [0.2, 0.25) is 0 Å². The molecule has 0 radical (unpaired) electrons. The van der Waals surface area contributed by atoms with Gasteiger partial charge in [-0.15, -0.1) is 22.7 Å². The highest BCUT2D eigenvalue weighted by Crippen LogP contribution is 2.29. The van der Waals surface area contributed by atoms with E-state index in [9.17, 15) is 0 Å². The fourth-order valence-corrected chi connectivity index (χ4v) is 4.52. The Morgan fingerprint density at radius 3 is 2.63 bits per heavy atom. The topological polar surface area (TPSA) is 61.9 Å².